The highest BCUT2D eigenvalue weighted by Gasteiger charge is 2.10. The van der Waals surface area contributed by atoms with Crippen LogP contribution in [0.25, 0.3) is 11.1 Å². The van der Waals surface area contributed by atoms with Crippen LogP contribution in [0.2, 0.25) is 0 Å². The molecule has 3 rings (SSSR count). The maximum Gasteiger partial charge on any atom is 0.154 e. The van der Waals surface area contributed by atoms with E-state index in [9.17, 15) is 4.79 Å². The van der Waals surface area contributed by atoms with Crippen LogP contribution in [-0.2, 0) is 6.61 Å². The molecule has 0 radical (unpaired) electrons. The Morgan fingerprint density at radius 1 is 0.917 bits per heavy atom. The summed E-state index contributed by atoms with van der Waals surface area (Å²) in [5.41, 5.74) is 3.40. The second-order valence-electron chi connectivity index (χ2n) is 5.34. The minimum atomic E-state index is 0.503. The molecule has 0 unspecified atom stereocenters. The lowest BCUT2D eigenvalue weighted by molar-refractivity contribution is 0.112. The molecule has 3 aromatic rings. The Kier molecular flexibility index (Phi) is 4.92. The summed E-state index contributed by atoms with van der Waals surface area (Å²) in [6.45, 7) is 0.503. The Balaban J connectivity index is 1.87. The van der Waals surface area contributed by atoms with Gasteiger partial charge in [-0.05, 0) is 34.9 Å². The molecule has 0 aliphatic rings. The van der Waals surface area contributed by atoms with Crippen molar-refractivity contribution in [2.75, 3.05) is 7.11 Å². The largest absolute Gasteiger partial charge is 0.496 e. The molecule has 24 heavy (non-hydrogen) atoms. The lowest BCUT2D eigenvalue weighted by Gasteiger charge is -2.11. The Morgan fingerprint density at radius 3 is 2.46 bits per heavy atom. The van der Waals surface area contributed by atoms with E-state index in [-0.39, 0.29) is 0 Å². The van der Waals surface area contributed by atoms with Crippen LogP contribution >= 0.6 is 0 Å². The van der Waals surface area contributed by atoms with E-state index in [4.69, 9.17) is 9.47 Å². The second-order valence-corrected chi connectivity index (χ2v) is 5.34. The molecule has 0 aliphatic carbocycles. The number of rotatable bonds is 6. The van der Waals surface area contributed by atoms with Crippen LogP contribution in [-0.4, -0.2) is 13.4 Å². The summed E-state index contributed by atoms with van der Waals surface area (Å²) in [7, 11) is 1.56. The second kappa shape index (κ2) is 7.47. The van der Waals surface area contributed by atoms with Crippen molar-refractivity contribution in [1.29, 1.82) is 0 Å². The summed E-state index contributed by atoms with van der Waals surface area (Å²) < 4.78 is 11.1. The molecule has 0 fully saturated rings. The van der Waals surface area contributed by atoms with E-state index in [0.29, 0.717) is 17.9 Å². The average Bonchev–Trinajstić information content (AvgIpc) is 2.66. The number of ether oxygens (including phenoxy) is 2. The molecule has 0 saturated heterocycles. The number of hydrogen-bond donors (Lipinski definition) is 0. The maximum atomic E-state index is 11.5. The van der Waals surface area contributed by atoms with Crippen molar-refractivity contribution in [3.05, 3.63) is 83.9 Å². The van der Waals surface area contributed by atoms with Gasteiger partial charge >= 0.3 is 0 Å². The van der Waals surface area contributed by atoms with E-state index in [0.717, 1.165) is 28.7 Å². The number of benzene rings is 3. The molecule has 0 bridgehead atoms. The Bertz CT molecular complexity index is 825. The van der Waals surface area contributed by atoms with Gasteiger partial charge in [-0.25, -0.2) is 0 Å². The van der Waals surface area contributed by atoms with Crippen molar-refractivity contribution >= 4 is 6.29 Å². The fourth-order valence-corrected chi connectivity index (χ4v) is 2.59. The average molecular weight is 318 g/mol. The molecule has 0 aromatic heterocycles. The normalized spacial score (nSPS) is 10.2. The van der Waals surface area contributed by atoms with E-state index in [2.05, 4.69) is 0 Å². The molecular weight excluding hydrogens is 300 g/mol. The first-order chi connectivity index (χ1) is 11.8. The van der Waals surface area contributed by atoms with Gasteiger partial charge in [0.2, 0.25) is 0 Å². The summed E-state index contributed by atoms with van der Waals surface area (Å²) in [5.74, 6) is 1.33. The van der Waals surface area contributed by atoms with Crippen molar-refractivity contribution in [2.45, 2.75) is 6.61 Å². The predicted molar refractivity (Wildman–Crippen MR) is 94.6 cm³/mol. The third-order valence-corrected chi connectivity index (χ3v) is 3.80. The number of carbonyl (C=O) groups is 1. The highest BCUT2D eigenvalue weighted by Crippen LogP contribution is 2.31. The van der Waals surface area contributed by atoms with Crippen LogP contribution in [0.5, 0.6) is 11.5 Å². The Hall–Kier alpha value is -3.07. The SMILES string of the molecule is COc1cccc(-c2cccc(OCc3ccccc3)c2)c1C=O. The monoisotopic (exact) mass is 318 g/mol. The highest BCUT2D eigenvalue weighted by molar-refractivity contribution is 5.91. The van der Waals surface area contributed by atoms with Crippen LogP contribution in [0.4, 0.5) is 0 Å². The summed E-state index contributed by atoms with van der Waals surface area (Å²) >= 11 is 0. The van der Waals surface area contributed by atoms with Gasteiger partial charge in [0, 0.05) is 0 Å². The van der Waals surface area contributed by atoms with Gasteiger partial charge in [-0.1, -0.05) is 54.6 Å². The van der Waals surface area contributed by atoms with Crippen LogP contribution in [0.15, 0.2) is 72.8 Å². The molecule has 3 aromatic carbocycles. The minimum Gasteiger partial charge on any atom is -0.496 e. The van der Waals surface area contributed by atoms with Crippen molar-refractivity contribution in [3.8, 4) is 22.6 Å². The van der Waals surface area contributed by atoms with Crippen LogP contribution in [0.1, 0.15) is 15.9 Å². The van der Waals surface area contributed by atoms with Gasteiger partial charge in [0.25, 0.3) is 0 Å². The number of carbonyl (C=O) groups excluding carboxylic acids is 1. The van der Waals surface area contributed by atoms with Gasteiger partial charge in [0.05, 0.1) is 12.7 Å². The Labute approximate surface area is 141 Å². The van der Waals surface area contributed by atoms with E-state index < -0.39 is 0 Å². The number of hydrogen-bond acceptors (Lipinski definition) is 3. The van der Waals surface area contributed by atoms with Gasteiger partial charge in [-0.15, -0.1) is 0 Å². The zero-order valence-electron chi connectivity index (χ0n) is 13.4. The quantitative estimate of drug-likeness (QED) is 0.615. The van der Waals surface area contributed by atoms with Gasteiger partial charge in [-0.3, -0.25) is 4.79 Å². The smallest absolute Gasteiger partial charge is 0.154 e. The van der Waals surface area contributed by atoms with E-state index in [1.54, 1.807) is 13.2 Å². The topological polar surface area (TPSA) is 35.5 Å². The molecular formula is C21H18O3. The van der Waals surface area contributed by atoms with Crippen molar-refractivity contribution in [2.24, 2.45) is 0 Å². The Morgan fingerprint density at radius 2 is 1.71 bits per heavy atom. The predicted octanol–water partition coefficient (Wildman–Crippen LogP) is 4.75. The molecule has 0 N–H and O–H groups in total. The van der Waals surface area contributed by atoms with E-state index in [1.165, 1.54) is 0 Å². The fourth-order valence-electron chi connectivity index (χ4n) is 2.59. The summed E-state index contributed by atoms with van der Waals surface area (Å²) in [6, 6.07) is 23.3. The first kappa shape index (κ1) is 15.8. The number of methoxy groups -OCH3 is 1. The van der Waals surface area contributed by atoms with Gasteiger partial charge in [0.1, 0.15) is 18.1 Å². The van der Waals surface area contributed by atoms with Crippen molar-refractivity contribution < 1.29 is 14.3 Å². The summed E-state index contributed by atoms with van der Waals surface area (Å²) in [6.07, 6.45) is 0.825. The highest BCUT2D eigenvalue weighted by atomic mass is 16.5. The lowest BCUT2D eigenvalue weighted by atomic mass is 9.99. The lowest BCUT2D eigenvalue weighted by Crippen LogP contribution is -1.96. The fraction of sp³-hybridized carbons (Fsp3) is 0.0952. The third kappa shape index (κ3) is 3.46. The van der Waals surface area contributed by atoms with Gasteiger partial charge in [-0.2, -0.15) is 0 Å². The van der Waals surface area contributed by atoms with Crippen molar-refractivity contribution in [3.63, 3.8) is 0 Å². The molecule has 3 heteroatoms. The van der Waals surface area contributed by atoms with Gasteiger partial charge < -0.3 is 9.47 Å². The molecule has 120 valence electrons. The molecule has 0 aliphatic heterocycles. The molecule has 0 atom stereocenters. The summed E-state index contributed by atoms with van der Waals surface area (Å²) in [4.78, 5) is 11.5. The number of aldehydes is 1. The van der Waals surface area contributed by atoms with Gasteiger partial charge in [0.15, 0.2) is 6.29 Å². The maximum absolute atomic E-state index is 11.5. The summed E-state index contributed by atoms with van der Waals surface area (Å²) in [5, 5.41) is 0. The molecule has 0 heterocycles. The van der Waals surface area contributed by atoms with Crippen molar-refractivity contribution in [1.82, 2.24) is 0 Å². The van der Waals surface area contributed by atoms with Crippen LogP contribution < -0.4 is 9.47 Å². The third-order valence-electron chi connectivity index (χ3n) is 3.80. The zero-order valence-corrected chi connectivity index (χ0v) is 13.4. The first-order valence-electron chi connectivity index (χ1n) is 7.71. The zero-order chi connectivity index (χ0) is 16.8. The minimum absolute atomic E-state index is 0.503. The standard InChI is InChI=1S/C21H18O3/c1-23-21-12-6-11-19(20(21)14-22)17-9-5-10-18(13-17)24-15-16-7-3-2-4-8-16/h2-14H,15H2,1H3. The van der Waals surface area contributed by atoms with E-state index >= 15 is 0 Å². The molecule has 0 saturated carbocycles. The molecule has 0 amide bonds. The molecule has 3 nitrogen and oxygen atoms in total. The van der Waals surface area contributed by atoms with Crippen LogP contribution in [0, 0.1) is 0 Å². The molecule has 0 spiro atoms. The van der Waals surface area contributed by atoms with E-state index in [1.807, 2.05) is 66.7 Å². The van der Waals surface area contributed by atoms with Crippen LogP contribution in [0.3, 0.4) is 0 Å². The first-order valence-corrected chi connectivity index (χ1v) is 7.71.